The first-order valence-electron chi connectivity index (χ1n) is 22.2. The predicted octanol–water partition coefficient (Wildman–Crippen LogP) is 8.06. The van der Waals surface area contributed by atoms with E-state index < -0.39 is 24.4 Å². The monoisotopic (exact) mass is 831 g/mol. The number of alkyl carbamates (subject to hydrolysis) is 1. The molecular weight excluding hydrogens is 771 g/mol. The summed E-state index contributed by atoms with van der Waals surface area (Å²) in [5.74, 6) is -0.782. The third-order valence-corrected chi connectivity index (χ3v) is 13.2. The van der Waals surface area contributed by atoms with E-state index in [1.54, 1.807) is 4.90 Å². The number of carbonyl (C=O) groups excluding carboxylic acids is 4. The molecule has 0 aromatic heterocycles. The van der Waals surface area contributed by atoms with Crippen molar-refractivity contribution in [3.05, 3.63) is 95.2 Å². The maximum Gasteiger partial charge on any atom is 0.407 e. The molecule has 2 saturated heterocycles. The molecule has 3 N–H and O–H groups in total. The maximum atomic E-state index is 14.0. The van der Waals surface area contributed by atoms with Gasteiger partial charge in [0.15, 0.2) is 0 Å². The highest BCUT2D eigenvalue weighted by atomic mass is 16.5. The number of aliphatic hydroxyl groups excluding tert-OH is 1. The van der Waals surface area contributed by atoms with Crippen molar-refractivity contribution in [3.8, 4) is 11.1 Å². The van der Waals surface area contributed by atoms with Crippen molar-refractivity contribution >= 4 is 40.8 Å². The maximum absolute atomic E-state index is 14.0. The molecule has 0 radical (unpaired) electrons. The predicted molar refractivity (Wildman–Crippen MR) is 236 cm³/mol. The van der Waals surface area contributed by atoms with Crippen molar-refractivity contribution in [1.82, 2.24) is 15.1 Å². The molecule has 3 heterocycles. The van der Waals surface area contributed by atoms with Crippen LogP contribution in [0.3, 0.4) is 0 Å². The molecule has 2 fully saturated rings. The number of allylic oxidation sites excluding steroid dienone is 2. The summed E-state index contributed by atoms with van der Waals surface area (Å²) in [5, 5.41) is 17.3. The van der Waals surface area contributed by atoms with Gasteiger partial charge in [0.25, 0.3) is 0 Å². The first-order valence-corrected chi connectivity index (χ1v) is 22.2. The number of hydrogen-bond donors (Lipinski definition) is 3. The summed E-state index contributed by atoms with van der Waals surface area (Å²) in [6.07, 6.45) is 7.80. The van der Waals surface area contributed by atoms with Crippen molar-refractivity contribution in [2.75, 3.05) is 32.6 Å². The minimum absolute atomic E-state index is 0.00848. The van der Waals surface area contributed by atoms with Crippen LogP contribution in [-0.2, 0) is 30.3 Å². The van der Waals surface area contributed by atoms with Crippen LogP contribution in [0.4, 0.5) is 10.5 Å². The highest BCUT2D eigenvalue weighted by Gasteiger charge is 2.40. The van der Waals surface area contributed by atoms with E-state index >= 15 is 0 Å². The molecule has 12 nitrogen and oxygen atoms in total. The highest BCUT2D eigenvalue weighted by molar-refractivity contribution is 5.97. The van der Waals surface area contributed by atoms with E-state index in [0.717, 1.165) is 80.4 Å². The largest absolute Gasteiger partial charge is 0.469 e. The number of benzene rings is 3. The number of ether oxygens (including phenoxy) is 2. The van der Waals surface area contributed by atoms with Crippen LogP contribution in [0, 0.1) is 11.8 Å². The second-order valence-electron chi connectivity index (χ2n) is 16.8. The molecule has 12 heteroatoms. The third kappa shape index (κ3) is 9.76. The first-order chi connectivity index (χ1) is 29.6. The molecule has 0 spiro atoms. The number of nitrogens with zero attached hydrogens (tertiary/aromatic N) is 3. The van der Waals surface area contributed by atoms with Gasteiger partial charge in [-0.15, -0.1) is 0 Å². The number of rotatable bonds is 14. The quantitative estimate of drug-likeness (QED) is 0.138. The molecule has 6 unspecified atom stereocenters. The molecule has 3 amide bonds. The molecule has 1 aliphatic carbocycles. The molecule has 6 atom stereocenters. The number of likely N-dealkylation sites (tertiary alicyclic amines) is 2. The Bertz CT molecular complexity index is 2120. The van der Waals surface area contributed by atoms with Gasteiger partial charge in [0.2, 0.25) is 11.8 Å². The Morgan fingerprint density at radius 3 is 2.28 bits per heavy atom. The SMILES string of the molecule is CCC(CC(CC)C(=O)N1CCCC1C1=NC2=C(CCC1)c1ccc(-c3ccc(NC(=O)C4CCCN4C(O)C(NC(=O)OC)c4ccccc4)cc3)cc1CC2)C(=O)OC. The fraction of sp³-hybridized carbons (Fsp3) is 0.490. The minimum atomic E-state index is -1.14. The van der Waals surface area contributed by atoms with Crippen LogP contribution in [0.15, 0.2) is 83.5 Å². The Kier molecular flexibility index (Phi) is 14.4. The van der Waals surface area contributed by atoms with Crippen LogP contribution in [0.25, 0.3) is 16.7 Å². The lowest BCUT2D eigenvalue weighted by atomic mass is 9.85. The van der Waals surface area contributed by atoms with Crippen molar-refractivity contribution in [1.29, 1.82) is 0 Å². The molecule has 3 aromatic rings. The Labute approximate surface area is 359 Å². The number of aryl methyl sites for hydroxylation is 1. The molecule has 324 valence electrons. The van der Waals surface area contributed by atoms with Gasteiger partial charge < -0.3 is 30.1 Å². The van der Waals surface area contributed by atoms with Crippen LogP contribution >= 0.6 is 0 Å². The molecule has 4 aliphatic rings. The lowest BCUT2D eigenvalue weighted by molar-refractivity contribution is -0.147. The Hall–Kier alpha value is -5.33. The van der Waals surface area contributed by atoms with Gasteiger partial charge in [0.1, 0.15) is 6.23 Å². The molecule has 3 aromatic carbocycles. The number of esters is 1. The third-order valence-electron chi connectivity index (χ3n) is 13.2. The van der Waals surface area contributed by atoms with Crippen molar-refractivity contribution < 1.29 is 33.8 Å². The van der Waals surface area contributed by atoms with Gasteiger partial charge in [0.05, 0.1) is 38.3 Å². The molecule has 61 heavy (non-hydrogen) atoms. The van der Waals surface area contributed by atoms with Crippen molar-refractivity contribution in [3.63, 3.8) is 0 Å². The van der Waals surface area contributed by atoms with Gasteiger partial charge in [-0.1, -0.05) is 74.5 Å². The van der Waals surface area contributed by atoms with E-state index in [9.17, 15) is 24.3 Å². The van der Waals surface area contributed by atoms with Crippen LogP contribution in [0.5, 0.6) is 0 Å². The summed E-state index contributed by atoms with van der Waals surface area (Å²) in [5.41, 5.74) is 9.70. The molecule has 0 bridgehead atoms. The number of hydrogen-bond acceptors (Lipinski definition) is 9. The standard InChI is InChI=1S/C49H61N5O7/c1-5-31(29-32(6-2)48(58)60-3)46(56)53-27-11-17-42(53)41-16-10-15-39-38-25-21-35(30-36(38)22-26-40(39)51-41)33-19-23-37(24-20-33)50-45(55)43-18-12-28-54(43)47(57)44(52-49(59)61-4)34-13-8-7-9-14-34/h7-9,13-14,19-21,23-25,30-32,42-44,47,57H,5-6,10-12,15-18,22,26-29H2,1-4H3,(H,50,55)(H,52,59). The number of nitrogens with one attached hydrogen (secondary N) is 2. The van der Waals surface area contributed by atoms with Gasteiger partial charge in [-0.25, -0.2) is 4.79 Å². The fourth-order valence-corrected chi connectivity index (χ4v) is 9.87. The molecular formula is C49H61N5O7. The summed E-state index contributed by atoms with van der Waals surface area (Å²) in [6, 6.07) is 22.4. The zero-order valence-corrected chi connectivity index (χ0v) is 36.0. The van der Waals surface area contributed by atoms with Crippen LogP contribution in [0.1, 0.15) is 107 Å². The van der Waals surface area contributed by atoms with Crippen molar-refractivity contribution in [2.24, 2.45) is 16.8 Å². The highest BCUT2D eigenvalue weighted by Crippen LogP contribution is 2.40. The first kappa shape index (κ1) is 43.7. The second kappa shape index (κ2) is 20.0. The molecule has 3 aliphatic heterocycles. The number of amides is 3. The fourth-order valence-electron chi connectivity index (χ4n) is 9.87. The second-order valence-corrected chi connectivity index (χ2v) is 16.8. The van der Waals surface area contributed by atoms with Gasteiger partial charge in [0, 0.05) is 36.1 Å². The summed E-state index contributed by atoms with van der Waals surface area (Å²) < 4.78 is 9.86. The summed E-state index contributed by atoms with van der Waals surface area (Å²) in [4.78, 5) is 61.4. The number of anilines is 1. The van der Waals surface area contributed by atoms with E-state index in [1.807, 2.05) is 68.4 Å². The zero-order chi connectivity index (χ0) is 43.0. The van der Waals surface area contributed by atoms with E-state index in [0.29, 0.717) is 43.5 Å². The Balaban J connectivity index is 1.01. The van der Waals surface area contributed by atoms with Gasteiger partial charge in [-0.3, -0.25) is 24.3 Å². The number of fused-ring (bicyclic) bond motifs is 2. The lowest BCUT2D eigenvalue weighted by Gasteiger charge is -2.34. The van der Waals surface area contributed by atoms with E-state index in [2.05, 4.69) is 33.7 Å². The van der Waals surface area contributed by atoms with Crippen LogP contribution < -0.4 is 10.6 Å². The van der Waals surface area contributed by atoms with Gasteiger partial charge >= 0.3 is 12.1 Å². The number of aliphatic hydroxyl groups is 1. The Morgan fingerprint density at radius 1 is 0.820 bits per heavy atom. The molecule has 7 rings (SSSR count). The Morgan fingerprint density at radius 2 is 1.56 bits per heavy atom. The summed E-state index contributed by atoms with van der Waals surface area (Å²) >= 11 is 0. The smallest absolute Gasteiger partial charge is 0.407 e. The summed E-state index contributed by atoms with van der Waals surface area (Å²) in [6.45, 7) is 5.25. The zero-order valence-electron chi connectivity index (χ0n) is 36.0. The number of carbonyl (C=O) groups is 4. The lowest BCUT2D eigenvalue weighted by Crippen LogP contribution is -2.51. The summed E-state index contributed by atoms with van der Waals surface area (Å²) in [7, 11) is 2.70. The van der Waals surface area contributed by atoms with E-state index in [4.69, 9.17) is 14.5 Å². The topological polar surface area (TPSA) is 150 Å². The normalized spacial score (nSPS) is 20.9. The number of aliphatic imine (C=N–C) groups is 1. The average Bonchev–Trinajstić information content (AvgIpc) is 3.95. The van der Waals surface area contributed by atoms with Crippen molar-refractivity contribution in [2.45, 2.75) is 115 Å². The minimum Gasteiger partial charge on any atom is -0.469 e. The van der Waals surface area contributed by atoms with Gasteiger partial charge in [-0.05, 0) is 123 Å². The average molecular weight is 832 g/mol. The van der Waals surface area contributed by atoms with Crippen LogP contribution in [0.2, 0.25) is 0 Å². The molecule has 0 saturated carbocycles. The van der Waals surface area contributed by atoms with Crippen LogP contribution in [-0.4, -0.2) is 90.1 Å². The van der Waals surface area contributed by atoms with E-state index in [-0.39, 0.29) is 35.7 Å². The van der Waals surface area contributed by atoms with Gasteiger partial charge in [-0.2, -0.15) is 0 Å². The number of methoxy groups -OCH3 is 2. The van der Waals surface area contributed by atoms with E-state index in [1.165, 1.54) is 30.9 Å².